The summed E-state index contributed by atoms with van der Waals surface area (Å²) in [5, 5.41) is 12.8. The van der Waals surface area contributed by atoms with Gasteiger partial charge < -0.3 is 9.84 Å². The second-order valence-electron chi connectivity index (χ2n) is 4.29. The Morgan fingerprint density at radius 1 is 1.40 bits per heavy atom. The number of aryl methyl sites for hydroxylation is 2. The van der Waals surface area contributed by atoms with Crippen LogP contribution in [0, 0.1) is 24.6 Å². The van der Waals surface area contributed by atoms with E-state index in [0.717, 1.165) is 11.4 Å². The van der Waals surface area contributed by atoms with Gasteiger partial charge in [-0.05, 0) is 31.2 Å². The third-order valence-electron chi connectivity index (χ3n) is 2.72. The number of nitrogens with zero attached hydrogens (tertiary/aromatic N) is 2. The van der Waals surface area contributed by atoms with Crippen molar-refractivity contribution in [2.75, 3.05) is 6.61 Å². The molecule has 0 unspecified atom stereocenters. The van der Waals surface area contributed by atoms with Crippen molar-refractivity contribution < 1.29 is 14.2 Å². The second kappa shape index (κ2) is 6.22. The molecule has 4 nitrogen and oxygen atoms in total. The average molecular weight is 274 g/mol. The van der Waals surface area contributed by atoms with E-state index in [2.05, 4.69) is 16.9 Å². The first-order chi connectivity index (χ1) is 9.60. The van der Waals surface area contributed by atoms with Crippen LogP contribution in [0.2, 0.25) is 0 Å². The van der Waals surface area contributed by atoms with Crippen molar-refractivity contribution >= 4 is 0 Å². The molecule has 2 rings (SSSR count). The molecule has 0 spiro atoms. The lowest BCUT2D eigenvalue weighted by atomic mass is 10.2. The highest BCUT2D eigenvalue weighted by molar-refractivity contribution is 5.40. The molecule has 2 aromatic rings. The molecule has 104 valence electrons. The highest BCUT2D eigenvalue weighted by Gasteiger charge is 2.07. The van der Waals surface area contributed by atoms with Gasteiger partial charge in [0.1, 0.15) is 13.2 Å². The van der Waals surface area contributed by atoms with Gasteiger partial charge in [-0.15, -0.1) is 0 Å². The van der Waals surface area contributed by atoms with Crippen molar-refractivity contribution in [2.24, 2.45) is 7.05 Å². The molecule has 1 heterocycles. The van der Waals surface area contributed by atoms with Gasteiger partial charge in [-0.3, -0.25) is 4.68 Å². The van der Waals surface area contributed by atoms with Crippen molar-refractivity contribution in [3.05, 3.63) is 47.0 Å². The summed E-state index contributed by atoms with van der Waals surface area (Å²) >= 11 is 0. The van der Waals surface area contributed by atoms with Crippen LogP contribution in [-0.2, 0) is 13.7 Å². The molecule has 0 saturated carbocycles. The van der Waals surface area contributed by atoms with Gasteiger partial charge in [-0.1, -0.05) is 11.8 Å². The maximum absolute atomic E-state index is 13.7. The molecular weight excluding hydrogens is 259 g/mol. The molecule has 5 heteroatoms. The standard InChI is InChI=1S/C15H15FN2O2/c1-11-8-13(18(2)17-11)10-20-15-9-12(4-3-7-19)5-6-14(15)16/h5-6,8-9,19H,7,10H2,1-2H3. The van der Waals surface area contributed by atoms with Gasteiger partial charge in [-0.2, -0.15) is 5.10 Å². The van der Waals surface area contributed by atoms with Crippen LogP contribution in [-0.4, -0.2) is 21.5 Å². The third kappa shape index (κ3) is 3.37. The lowest BCUT2D eigenvalue weighted by Gasteiger charge is -2.07. The molecule has 0 aliphatic carbocycles. The zero-order valence-electron chi connectivity index (χ0n) is 11.4. The van der Waals surface area contributed by atoms with Crippen LogP contribution >= 0.6 is 0 Å². The van der Waals surface area contributed by atoms with Gasteiger partial charge in [0.2, 0.25) is 0 Å². The smallest absolute Gasteiger partial charge is 0.165 e. The summed E-state index contributed by atoms with van der Waals surface area (Å²) in [4.78, 5) is 0. The van der Waals surface area contributed by atoms with Crippen LogP contribution in [0.5, 0.6) is 5.75 Å². The minimum atomic E-state index is -0.446. The normalized spacial score (nSPS) is 10.0. The van der Waals surface area contributed by atoms with E-state index in [0.29, 0.717) is 5.56 Å². The van der Waals surface area contributed by atoms with Gasteiger partial charge >= 0.3 is 0 Å². The van der Waals surface area contributed by atoms with Crippen molar-refractivity contribution in [3.63, 3.8) is 0 Å². The van der Waals surface area contributed by atoms with E-state index in [1.54, 1.807) is 10.7 Å². The van der Waals surface area contributed by atoms with Crippen LogP contribution in [0.3, 0.4) is 0 Å². The van der Waals surface area contributed by atoms with Crippen LogP contribution in [0.1, 0.15) is 17.0 Å². The molecule has 0 bridgehead atoms. The van der Waals surface area contributed by atoms with E-state index >= 15 is 0 Å². The third-order valence-corrected chi connectivity index (χ3v) is 2.72. The first kappa shape index (κ1) is 14.1. The molecule has 0 fully saturated rings. The summed E-state index contributed by atoms with van der Waals surface area (Å²) in [6.45, 7) is 1.88. The van der Waals surface area contributed by atoms with Crippen molar-refractivity contribution in [1.82, 2.24) is 9.78 Å². The summed E-state index contributed by atoms with van der Waals surface area (Å²) in [6.07, 6.45) is 0. The van der Waals surface area contributed by atoms with Crippen molar-refractivity contribution in [2.45, 2.75) is 13.5 Å². The second-order valence-corrected chi connectivity index (χ2v) is 4.29. The van der Waals surface area contributed by atoms with Crippen molar-refractivity contribution in [1.29, 1.82) is 0 Å². The first-order valence-corrected chi connectivity index (χ1v) is 6.11. The summed E-state index contributed by atoms with van der Waals surface area (Å²) in [5.74, 6) is 4.91. The molecule has 0 atom stereocenters. The SMILES string of the molecule is Cc1cc(COc2cc(C#CCO)ccc2F)n(C)n1. The van der Waals surface area contributed by atoms with Crippen LogP contribution in [0.25, 0.3) is 0 Å². The minimum absolute atomic E-state index is 0.133. The summed E-state index contributed by atoms with van der Waals surface area (Å²) < 4.78 is 20.8. The zero-order valence-corrected chi connectivity index (χ0v) is 11.4. The Morgan fingerprint density at radius 2 is 2.20 bits per heavy atom. The molecule has 1 aromatic carbocycles. The molecule has 0 aliphatic rings. The lowest BCUT2D eigenvalue weighted by Crippen LogP contribution is -2.04. The Bertz CT molecular complexity index is 668. The van der Waals surface area contributed by atoms with Gasteiger partial charge in [0.15, 0.2) is 11.6 Å². The van der Waals surface area contributed by atoms with Gasteiger partial charge in [0.05, 0.1) is 11.4 Å². The molecular formula is C15H15FN2O2. The van der Waals surface area contributed by atoms with Crippen molar-refractivity contribution in [3.8, 4) is 17.6 Å². The number of ether oxygens (including phenoxy) is 1. The van der Waals surface area contributed by atoms with Gasteiger partial charge in [0.25, 0.3) is 0 Å². The number of aliphatic hydroxyl groups is 1. The largest absolute Gasteiger partial charge is 0.484 e. The number of halogens is 1. The van der Waals surface area contributed by atoms with Crippen LogP contribution in [0.15, 0.2) is 24.3 Å². The zero-order chi connectivity index (χ0) is 14.5. The van der Waals surface area contributed by atoms with Crippen LogP contribution in [0.4, 0.5) is 4.39 Å². The Hall–Kier alpha value is -2.32. The minimum Gasteiger partial charge on any atom is -0.484 e. The van der Waals surface area contributed by atoms with E-state index < -0.39 is 5.82 Å². The van der Waals surface area contributed by atoms with Gasteiger partial charge in [-0.25, -0.2) is 4.39 Å². The fraction of sp³-hybridized carbons (Fsp3) is 0.267. The number of aromatic nitrogens is 2. The Kier molecular flexibility index (Phi) is 4.38. The molecule has 0 radical (unpaired) electrons. The summed E-state index contributed by atoms with van der Waals surface area (Å²) in [6, 6.07) is 6.23. The monoisotopic (exact) mass is 274 g/mol. The number of benzene rings is 1. The lowest BCUT2D eigenvalue weighted by molar-refractivity contribution is 0.280. The molecule has 0 aliphatic heterocycles. The van der Waals surface area contributed by atoms with E-state index in [1.165, 1.54) is 12.1 Å². The number of hydrogen-bond acceptors (Lipinski definition) is 3. The fourth-order valence-corrected chi connectivity index (χ4v) is 1.78. The van der Waals surface area contributed by atoms with E-state index in [1.807, 2.05) is 20.0 Å². The highest BCUT2D eigenvalue weighted by Crippen LogP contribution is 2.20. The Morgan fingerprint density at radius 3 is 2.85 bits per heavy atom. The predicted molar refractivity (Wildman–Crippen MR) is 72.6 cm³/mol. The molecule has 0 saturated heterocycles. The average Bonchev–Trinajstić information content (AvgIpc) is 2.74. The predicted octanol–water partition coefficient (Wildman–Crippen LogP) is 1.79. The number of hydrogen-bond donors (Lipinski definition) is 1. The van der Waals surface area contributed by atoms with E-state index in [-0.39, 0.29) is 19.0 Å². The van der Waals surface area contributed by atoms with E-state index in [4.69, 9.17) is 9.84 Å². The Balaban J connectivity index is 2.14. The molecule has 0 amide bonds. The number of rotatable bonds is 3. The summed E-state index contributed by atoms with van der Waals surface area (Å²) in [5.41, 5.74) is 2.33. The number of aliphatic hydroxyl groups excluding tert-OH is 1. The quantitative estimate of drug-likeness (QED) is 0.868. The maximum atomic E-state index is 13.7. The van der Waals surface area contributed by atoms with E-state index in [9.17, 15) is 4.39 Å². The molecule has 1 N–H and O–H groups in total. The fourth-order valence-electron chi connectivity index (χ4n) is 1.78. The molecule has 1 aromatic heterocycles. The summed E-state index contributed by atoms with van der Waals surface area (Å²) in [7, 11) is 1.81. The van der Waals surface area contributed by atoms with Gasteiger partial charge in [0, 0.05) is 12.6 Å². The topological polar surface area (TPSA) is 47.3 Å². The Labute approximate surface area is 116 Å². The van der Waals surface area contributed by atoms with Crippen LogP contribution < -0.4 is 4.74 Å². The highest BCUT2D eigenvalue weighted by atomic mass is 19.1. The molecule has 20 heavy (non-hydrogen) atoms. The maximum Gasteiger partial charge on any atom is 0.165 e. The first-order valence-electron chi connectivity index (χ1n) is 6.11.